The zero-order valence-corrected chi connectivity index (χ0v) is 13.5. The van der Waals surface area contributed by atoms with E-state index >= 15 is 0 Å². The first-order valence-corrected chi connectivity index (χ1v) is 8.57. The maximum atomic E-state index is 12.8. The van der Waals surface area contributed by atoms with Crippen molar-refractivity contribution in [3.05, 3.63) is 27.9 Å². The summed E-state index contributed by atoms with van der Waals surface area (Å²) in [5.41, 5.74) is -0.0603. The van der Waals surface area contributed by atoms with Crippen molar-refractivity contribution in [1.29, 1.82) is 0 Å². The van der Waals surface area contributed by atoms with Crippen molar-refractivity contribution in [1.82, 2.24) is 25.1 Å². The molecule has 0 spiro atoms. The van der Waals surface area contributed by atoms with E-state index in [2.05, 4.69) is 15.3 Å². The normalized spacial score (nSPS) is 24.2. The Hall–Kier alpha value is -2.38. The first-order chi connectivity index (χ1) is 11.6. The molecule has 24 heavy (non-hydrogen) atoms. The highest BCUT2D eigenvalue weighted by atomic mass is 16.2. The molecule has 3 aliphatic rings. The minimum Gasteiger partial charge on any atom is -0.336 e. The van der Waals surface area contributed by atoms with Gasteiger partial charge in [0.1, 0.15) is 11.5 Å². The predicted molar refractivity (Wildman–Crippen MR) is 85.9 cm³/mol. The van der Waals surface area contributed by atoms with Crippen molar-refractivity contribution in [3.8, 4) is 0 Å². The number of aromatic nitrogens is 2. The number of hydrogen-bond donors (Lipinski definition) is 2. The van der Waals surface area contributed by atoms with Crippen LogP contribution in [0.1, 0.15) is 47.9 Å². The molecule has 3 heterocycles. The number of urea groups is 1. The minimum atomic E-state index is -0.275. The topological polar surface area (TPSA) is 98.4 Å². The van der Waals surface area contributed by atoms with Gasteiger partial charge in [-0.2, -0.15) is 0 Å². The average Bonchev–Trinajstić information content (AvgIpc) is 3.35. The number of rotatable bonds is 3. The second-order valence-corrected chi connectivity index (χ2v) is 6.76. The van der Waals surface area contributed by atoms with Crippen LogP contribution in [-0.4, -0.2) is 63.9 Å². The summed E-state index contributed by atoms with van der Waals surface area (Å²) in [6, 6.07) is 1.26. The third-order valence-corrected chi connectivity index (χ3v) is 4.96. The molecule has 2 aliphatic heterocycles. The van der Waals surface area contributed by atoms with Crippen LogP contribution in [0.4, 0.5) is 4.79 Å². The van der Waals surface area contributed by atoms with Crippen molar-refractivity contribution in [3.63, 3.8) is 0 Å². The fourth-order valence-corrected chi connectivity index (χ4v) is 3.53. The number of piperidine rings is 1. The average molecular weight is 331 g/mol. The molecule has 3 amide bonds. The van der Waals surface area contributed by atoms with E-state index in [1.54, 1.807) is 9.80 Å². The van der Waals surface area contributed by atoms with E-state index < -0.39 is 0 Å². The molecule has 8 nitrogen and oxygen atoms in total. The molecule has 8 heteroatoms. The Bertz CT molecular complexity index is 727. The summed E-state index contributed by atoms with van der Waals surface area (Å²) in [5.74, 6) is 0.693. The summed E-state index contributed by atoms with van der Waals surface area (Å²) in [5, 5.41) is 2.80. The summed E-state index contributed by atoms with van der Waals surface area (Å²) in [6.45, 7) is 2.47. The van der Waals surface area contributed by atoms with E-state index in [1.807, 2.05) is 0 Å². The Kier molecular flexibility index (Phi) is 3.74. The van der Waals surface area contributed by atoms with Gasteiger partial charge in [-0.25, -0.2) is 9.78 Å². The van der Waals surface area contributed by atoms with Crippen LogP contribution in [0.2, 0.25) is 0 Å². The van der Waals surface area contributed by atoms with Gasteiger partial charge in [-0.05, 0) is 25.7 Å². The molecule has 1 atom stereocenters. The van der Waals surface area contributed by atoms with Crippen LogP contribution in [-0.2, 0) is 0 Å². The summed E-state index contributed by atoms with van der Waals surface area (Å²) >= 11 is 0. The quantitative estimate of drug-likeness (QED) is 0.831. The van der Waals surface area contributed by atoms with Gasteiger partial charge in [-0.3, -0.25) is 9.59 Å². The lowest BCUT2D eigenvalue weighted by Crippen LogP contribution is -2.51. The van der Waals surface area contributed by atoms with Gasteiger partial charge >= 0.3 is 6.03 Å². The molecule has 3 fully saturated rings. The third kappa shape index (κ3) is 2.88. The van der Waals surface area contributed by atoms with Crippen LogP contribution in [0.3, 0.4) is 0 Å². The molecule has 0 radical (unpaired) electrons. The van der Waals surface area contributed by atoms with Gasteiger partial charge in [0, 0.05) is 38.2 Å². The SMILES string of the molecule is O=C(c1cc(=O)[nH]c(C2CC2)n1)N1CCCC(N2CCNC2=O)C1. The molecule has 0 aromatic carbocycles. The molecule has 1 aliphatic carbocycles. The smallest absolute Gasteiger partial charge is 0.317 e. The summed E-state index contributed by atoms with van der Waals surface area (Å²) in [4.78, 5) is 47.1. The van der Waals surface area contributed by atoms with Crippen molar-refractivity contribution < 1.29 is 9.59 Å². The molecular formula is C16H21N5O3. The number of amides is 3. The van der Waals surface area contributed by atoms with Crippen LogP contribution in [0.5, 0.6) is 0 Å². The van der Waals surface area contributed by atoms with E-state index in [1.165, 1.54) is 6.07 Å². The zero-order chi connectivity index (χ0) is 16.7. The maximum Gasteiger partial charge on any atom is 0.317 e. The Balaban J connectivity index is 1.51. The van der Waals surface area contributed by atoms with E-state index in [0.717, 1.165) is 25.7 Å². The number of H-pyrrole nitrogens is 1. The van der Waals surface area contributed by atoms with Crippen molar-refractivity contribution in [2.24, 2.45) is 0 Å². The largest absolute Gasteiger partial charge is 0.336 e. The second kappa shape index (κ2) is 5.92. The Morgan fingerprint density at radius 2 is 2.04 bits per heavy atom. The molecule has 2 N–H and O–H groups in total. The molecule has 4 rings (SSSR count). The summed E-state index contributed by atoms with van der Waals surface area (Å²) in [6.07, 6.45) is 3.76. The van der Waals surface area contributed by atoms with E-state index in [4.69, 9.17) is 0 Å². The number of carbonyl (C=O) groups is 2. The number of hydrogen-bond acceptors (Lipinski definition) is 4. The van der Waals surface area contributed by atoms with Gasteiger partial charge in [0.15, 0.2) is 0 Å². The van der Waals surface area contributed by atoms with Gasteiger partial charge < -0.3 is 20.1 Å². The standard InChI is InChI=1S/C16H21N5O3/c22-13-8-12(18-14(19-13)10-3-4-10)15(23)20-6-1-2-11(9-20)21-7-5-17-16(21)24/h8,10-11H,1-7,9H2,(H,17,24)(H,18,19,22). The van der Waals surface area contributed by atoms with Crippen LogP contribution >= 0.6 is 0 Å². The van der Waals surface area contributed by atoms with E-state index in [-0.39, 0.29) is 35.2 Å². The number of nitrogens with zero attached hydrogens (tertiary/aromatic N) is 3. The Labute approximate surface area is 139 Å². The fraction of sp³-hybridized carbons (Fsp3) is 0.625. The molecule has 2 saturated heterocycles. The van der Waals surface area contributed by atoms with Crippen molar-refractivity contribution in [2.75, 3.05) is 26.2 Å². The molecule has 1 unspecified atom stereocenters. The molecule has 128 valence electrons. The molecule has 1 aromatic rings. The van der Waals surface area contributed by atoms with Crippen LogP contribution in [0.25, 0.3) is 0 Å². The van der Waals surface area contributed by atoms with Gasteiger partial charge in [-0.15, -0.1) is 0 Å². The van der Waals surface area contributed by atoms with Gasteiger partial charge in [0.25, 0.3) is 11.5 Å². The summed E-state index contributed by atoms with van der Waals surface area (Å²) in [7, 11) is 0. The van der Waals surface area contributed by atoms with Gasteiger partial charge in [0.2, 0.25) is 0 Å². The zero-order valence-electron chi connectivity index (χ0n) is 13.5. The highest BCUT2D eigenvalue weighted by Crippen LogP contribution is 2.37. The molecular weight excluding hydrogens is 310 g/mol. The third-order valence-electron chi connectivity index (χ3n) is 4.96. The molecule has 1 aromatic heterocycles. The Morgan fingerprint density at radius 3 is 2.75 bits per heavy atom. The first kappa shape index (κ1) is 15.2. The maximum absolute atomic E-state index is 12.8. The second-order valence-electron chi connectivity index (χ2n) is 6.76. The number of carbonyl (C=O) groups excluding carboxylic acids is 2. The Morgan fingerprint density at radius 1 is 1.21 bits per heavy atom. The van der Waals surface area contributed by atoms with Crippen molar-refractivity contribution in [2.45, 2.75) is 37.6 Å². The number of likely N-dealkylation sites (tertiary alicyclic amines) is 1. The van der Waals surface area contributed by atoms with E-state index in [9.17, 15) is 14.4 Å². The lowest BCUT2D eigenvalue weighted by molar-refractivity contribution is 0.0628. The summed E-state index contributed by atoms with van der Waals surface area (Å²) < 4.78 is 0. The monoisotopic (exact) mass is 331 g/mol. The molecule has 0 bridgehead atoms. The molecule has 1 saturated carbocycles. The lowest BCUT2D eigenvalue weighted by Gasteiger charge is -2.36. The fourth-order valence-electron chi connectivity index (χ4n) is 3.53. The number of nitrogens with one attached hydrogen (secondary N) is 2. The van der Waals surface area contributed by atoms with Crippen LogP contribution in [0, 0.1) is 0 Å². The minimum absolute atomic E-state index is 0.0371. The lowest BCUT2D eigenvalue weighted by atomic mass is 10.0. The van der Waals surface area contributed by atoms with Gasteiger partial charge in [0.05, 0.1) is 6.04 Å². The highest BCUT2D eigenvalue weighted by Gasteiger charge is 2.34. The van der Waals surface area contributed by atoms with Crippen LogP contribution < -0.4 is 10.9 Å². The predicted octanol–water partition coefficient (Wildman–Crippen LogP) is 0.277. The first-order valence-electron chi connectivity index (χ1n) is 8.57. The van der Waals surface area contributed by atoms with Crippen LogP contribution in [0.15, 0.2) is 10.9 Å². The van der Waals surface area contributed by atoms with Gasteiger partial charge in [-0.1, -0.05) is 0 Å². The number of aromatic amines is 1. The highest BCUT2D eigenvalue weighted by molar-refractivity contribution is 5.92. The van der Waals surface area contributed by atoms with E-state index in [0.29, 0.717) is 32.0 Å². The van der Waals surface area contributed by atoms with Crippen molar-refractivity contribution >= 4 is 11.9 Å².